The summed E-state index contributed by atoms with van der Waals surface area (Å²) in [5.74, 6) is 0.858. The zero-order valence-corrected chi connectivity index (χ0v) is 11.3. The van der Waals surface area contributed by atoms with Crippen molar-refractivity contribution in [3.63, 3.8) is 0 Å². The van der Waals surface area contributed by atoms with Gasteiger partial charge in [-0.2, -0.15) is 0 Å². The Morgan fingerprint density at radius 1 is 1.11 bits per heavy atom. The number of ether oxygens (including phenoxy) is 1. The van der Waals surface area contributed by atoms with Crippen molar-refractivity contribution in [2.75, 3.05) is 13.4 Å². The minimum Gasteiger partial charge on any atom is -0.497 e. The Labute approximate surface area is 112 Å². The molecular formula is C15H15NOS. The quantitative estimate of drug-likeness (QED) is 0.605. The first-order chi connectivity index (χ1) is 8.81. The summed E-state index contributed by atoms with van der Waals surface area (Å²) in [7, 11) is 1.66. The molecule has 0 saturated carbocycles. The van der Waals surface area contributed by atoms with Crippen LogP contribution in [0.1, 0.15) is 5.56 Å². The van der Waals surface area contributed by atoms with Gasteiger partial charge in [-0.15, -0.1) is 11.8 Å². The topological polar surface area (TPSA) is 21.6 Å². The van der Waals surface area contributed by atoms with Gasteiger partial charge in [0.2, 0.25) is 0 Å². The molecule has 0 fully saturated rings. The summed E-state index contributed by atoms with van der Waals surface area (Å²) >= 11 is 1.72. The van der Waals surface area contributed by atoms with Crippen molar-refractivity contribution < 1.29 is 4.74 Å². The Bertz CT molecular complexity index is 534. The molecule has 0 aliphatic carbocycles. The van der Waals surface area contributed by atoms with E-state index < -0.39 is 0 Å². The van der Waals surface area contributed by atoms with Crippen LogP contribution in [0.15, 0.2) is 58.4 Å². The fourth-order valence-corrected chi connectivity index (χ4v) is 1.98. The highest BCUT2D eigenvalue weighted by Gasteiger charge is 1.93. The fourth-order valence-electron chi connectivity index (χ4n) is 1.53. The number of thioether (sulfide) groups is 1. The van der Waals surface area contributed by atoms with Crippen molar-refractivity contribution in [2.45, 2.75) is 4.90 Å². The van der Waals surface area contributed by atoms with Gasteiger partial charge in [-0.25, -0.2) is 0 Å². The largest absolute Gasteiger partial charge is 0.497 e. The highest BCUT2D eigenvalue weighted by atomic mass is 32.2. The molecule has 3 heteroatoms. The van der Waals surface area contributed by atoms with Crippen LogP contribution in [0, 0.1) is 0 Å². The van der Waals surface area contributed by atoms with E-state index >= 15 is 0 Å². The van der Waals surface area contributed by atoms with E-state index in [-0.39, 0.29) is 0 Å². The lowest BCUT2D eigenvalue weighted by molar-refractivity contribution is 0.415. The van der Waals surface area contributed by atoms with Gasteiger partial charge in [-0.3, -0.25) is 4.99 Å². The number of benzene rings is 2. The molecule has 0 heterocycles. The van der Waals surface area contributed by atoms with Crippen molar-refractivity contribution in [3.8, 4) is 5.75 Å². The highest BCUT2D eigenvalue weighted by Crippen LogP contribution is 2.21. The van der Waals surface area contributed by atoms with Gasteiger partial charge < -0.3 is 4.74 Å². The molecule has 0 aromatic heterocycles. The summed E-state index contributed by atoms with van der Waals surface area (Å²) in [6, 6.07) is 16.0. The van der Waals surface area contributed by atoms with E-state index in [1.54, 1.807) is 18.9 Å². The summed E-state index contributed by atoms with van der Waals surface area (Å²) in [6.45, 7) is 0. The SMILES string of the molecule is COc1ccc(C=Nc2cccc(SC)c2)cc1. The highest BCUT2D eigenvalue weighted by molar-refractivity contribution is 7.98. The molecule has 18 heavy (non-hydrogen) atoms. The van der Waals surface area contributed by atoms with Crippen LogP contribution < -0.4 is 4.74 Å². The molecule has 2 rings (SSSR count). The molecule has 0 amide bonds. The van der Waals surface area contributed by atoms with Crippen LogP contribution in [0.25, 0.3) is 0 Å². The van der Waals surface area contributed by atoms with E-state index in [1.807, 2.05) is 42.6 Å². The molecule has 0 aliphatic heterocycles. The third-order valence-electron chi connectivity index (χ3n) is 2.53. The molecule has 0 atom stereocenters. The van der Waals surface area contributed by atoms with Crippen LogP contribution in [-0.4, -0.2) is 19.6 Å². The number of nitrogens with zero attached hydrogens (tertiary/aromatic N) is 1. The molecule has 0 aliphatic rings. The zero-order valence-electron chi connectivity index (χ0n) is 10.5. The van der Waals surface area contributed by atoms with Crippen LogP contribution in [0.3, 0.4) is 0 Å². The van der Waals surface area contributed by atoms with Gasteiger partial charge in [0.05, 0.1) is 12.8 Å². The van der Waals surface area contributed by atoms with E-state index in [0.29, 0.717) is 0 Å². The van der Waals surface area contributed by atoms with Crippen LogP contribution in [0.2, 0.25) is 0 Å². The fraction of sp³-hybridized carbons (Fsp3) is 0.133. The van der Waals surface area contributed by atoms with Crippen molar-refractivity contribution in [3.05, 3.63) is 54.1 Å². The van der Waals surface area contributed by atoms with E-state index in [4.69, 9.17) is 4.74 Å². The Balaban J connectivity index is 2.13. The van der Waals surface area contributed by atoms with Gasteiger partial charge in [0.1, 0.15) is 5.75 Å². The maximum Gasteiger partial charge on any atom is 0.118 e. The molecule has 0 spiro atoms. The average molecular weight is 257 g/mol. The minimum absolute atomic E-state index is 0.858. The van der Waals surface area contributed by atoms with Gasteiger partial charge in [0, 0.05) is 11.1 Å². The maximum atomic E-state index is 5.11. The lowest BCUT2D eigenvalue weighted by atomic mass is 10.2. The second kappa shape index (κ2) is 6.26. The summed E-state index contributed by atoms with van der Waals surface area (Å²) in [5, 5.41) is 0. The lowest BCUT2D eigenvalue weighted by Gasteiger charge is -2.00. The van der Waals surface area contributed by atoms with E-state index in [1.165, 1.54) is 4.90 Å². The van der Waals surface area contributed by atoms with Crippen LogP contribution in [-0.2, 0) is 0 Å². The number of methoxy groups -OCH3 is 1. The van der Waals surface area contributed by atoms with Gasteiger partial charge in [-0.1, -0.05) is 6.07 Å². The van der Waals surface area contributed by atoms with Gasteiger partial charge in [0.25, 0.3) is 0 Å². The molecule has 0 N–H and O–H groups in total. The normalized spacial score (nSPS) is 10.8. The molecular weight excluding hydrogens is 242 g/mol. The second-order valence-electron chi connectivity index (χ2n) is 3.73. The van der Waals surface area contributed by atoms with Crippen LogP contribution >= 0.6 is 11.8 Å². The number of aliphatic imine (C=N–C) groups is 1. The number of hydrogen-bond acceptors (Lipinski definition) is 3. The summed E-state index contributed by atoms with van der Waals surface area (Å²) in [6.07, 6.45) is 3.92. The van der Waals surface area contributed by atoms with E-state index in [2.05, 4.69) is 23.4 Å². The standard InChI is InChI=1S/C15H15NOS/c1-17-14-8-6-12(7-9-14)11-16-13-4-3-5-15(10-13)18-2/h3-11H,1-2H3. The van der Waals surface area contributed by atoms with Crippen LogP contribution in [0.5, 0.6) is 5.75 Å². The molecule has 0 radical (unpaired) electrons. The molecule has 2 aromatic carbocycles. The monoisotopic (exact) mass is 257 g/mol. The van der Waals surface area contributed by atoms with Gasteiger partial charge in [0.15, 0.2) is 0 Å². The Morgan fingerprint density at radius 3 is 2.56 bits per heavy atom. The number of hydrogen-bond donors (Lipinski definition) is 0. The van der Waals surface area contributed by atoms with E-state index in [9.17, 15) is 0 Å². The van der Waals surface area contributed by atoms with Crippen LogP contribution in [0.4, 0.5) is 5.69 Å². The Kier molecular flexibility index (Phi) is 4.42. The molecule has 2 nitrogen and oxygen atoms in total. The van der Waals surface area contributed by atoms with Crippen molar-refractivity contribution in [1.29, 1.82) is 0 Å². The second-order valence-corrected chi connectivity index (χ2v) is 4.61. The Morgan fingerprint density at radius 2 is 1.89 bits per heavy atom. The van der Waals surface area contributed by atoms with Gasteiger partial charge in [-0.05, 0) is 54.3 Å². The summed E-state index contributed by atoms with van der Waals surface area (Å²) < 4.78 is 5.11. The maximum absolute atomic E-state index is 5.11. The first kappa shape index (κ1) is 12.7. The molecule has 0 unspecified atom stereocenters. The summed E-state index contributed by atoms with van der Waals surface area (Å²) in [4.78, 5) is 5.68. The smallest absolute Gasteiger partial charge is 0.118 e. The molecule has 2 aromatic rings. The minimum atomic E-state index is 0.858. The first-order valence-electron chi connectivity index (χ1n) is 5.64. The average Bonchev–Trinajstić information content (AvgIpc) is 2.46. The lowest BCUT2D eigenvalue weighted by Crippen LogP contribution is -1.84. The van der Waals surface area contributed by atoms with Gasteiger partial charge >= 0.3 is 0 Å². The molecule has 0 saturated heterocycles. The van der Waals surface area contributed by atoms with Crippen molar-refractivity contribution in [2.24, 2.45) is 4.99 Å². The first-order valence-corrected chi connectivity index (χ1v) is 6.86. The van der Waals surface area contributed by atoms with Crippen molar-refractivity contribution >= 4 is 23.7 Å². The predicted molar refractivity (Wildman–Crippen MR) is 78.5 cm³/mol. The van der Waals surface area contributed by atoms with E-state index in [0.717, 1.165) is 17.0 Å². The zero-order chi connectivity index (χ0) is 12.8. The third kappa shape index (κ3) is 3.37. The predicted octanol–water partition coefficient (Wildman–Crippen LogP) is 4.17. The molecule has 92 valence electrons. The molecule has 0 bridgehead atoms. The van der Waals surface area contributed by atoms with Crippen molar-refractivity contribution in [1.82, 2.24) is 0 Å². The Hall–Kier alpha value is -1.74. The number of rotatable bonds is 4. The summed E-state index contributed by atoms with van der Waals surface area (Å²) in [5.41, 5.74) is 2.03. The third-order valence-corrected chi connectivity index (χ3v) is 3.26.